The molecule has 4 fully saturated rings. The van der Waals surface area contributed by atoms with Crippen molar-refractivity contribution in [3.05, 3.63) is 0 Å². The van der Waals surface area contributed by atoms with Gasteiger partial charge in [0.15, 0.2) is 0 Å². The van der Waals surface area contributed by atoms with Gasteiger partial charge in [0.2, 0.25) is 17.7 Å². The van der Waals surface area contributed by atoms with Crippen LogP contribution in [0.3, 0.4) is 0 Å². The average molecular weight is 378 g/mol. The van der Waals surface area contributed by atoms with E-state index in [1.807, 2.05) is 0 Å². The summed E-state index contributed by atoms with van der Waals surface area (Å²) in [5.74, 6) is -0.564. The van der Waals surface area contributed by atoms with Gasteiger partial charge in [-0.3, -0.25) is 14.4 Å². The van der Waals surface area contributed by atoms with Crippen LogP contribution in [0, 0.1) is 29.6 Å². The second kappa shape index (κ2) is 7.86. The molecule has 0 spiro atoms. The molecule has 27 heavy (non-hydrogen) atoms. The van der Waals surface area contributed by atoms with Gasteiger partial charge in [0, 0.05) is 12.3 Å². The van der Waals surface area contributed by atoms with Crippen molar-refractivity contribution in [1.82, 2.24) is 10.6 Å². The first-order chi connectivity index (χ1) is 12.7. The van der Waals surface area contributed by atoms with Gasteiger partial charge in [-0.1, -0.05) is 0 Å². The zero-order valence-corrected chi connectivity index (χ0v) is 15.6. The number of amides is 3. The van der Waals surface area contributed by atoms with Gasteiger partial charge in [-0.2, -0.15) is 0 Å². The van der Waals surface area contributed by atoms with E-state index in [2.05, 4.69) is 10.6 Å². The summed E-state index contributed by atoms with van der Waals surface area (Å²) in [6.07, 6.45) is 5.40. The van der Waals surface area contributed by atoms with E-state index >= 15 is 0 Å². The van der Waals surface area contributed by atoms with Gasteiger partial charge in [0.25, 0.3) is 0 Å². The van der Waals surface area contributed by atoms with Crippen LogP contribution in [0.4, 0.5) is 0 Å². The quantitative estimate of drug-likeness (QED) is 0.500. The number of rotatable bonds is 8. The largest absolute Gasteiger partial charge is 0.548 e. The molecule has 8 heteroatoms. The fourth-order valence-corrected chi connectivity index (χ4v) is 5.56. The lowest BCUT2D eigenvalue weighted by Gasteiger charge is -2.53. The lowest BCUT2D eigenvalue weighted by Crippen LogP contribution is -2.56. The summed E-state index contributed by atoms with van der Waals surface area (Å²) >= 11 is 0. The van der Waals surface area contributed by atoms with E-state index in [1.165, 1.54) is 13.3 Å². The maximum atomic E-state index is 12.8. The van der Waals surface area contributed by atoms with Gasteiger partial charge in [-0.25, -0.2) is 0 Å². The van der Waals surface area contributed by atoms with Gasteiger partial charge in [0.1, 0.15) is 6.04 Å². The Bertz CT molecular complexity index is 607. The van der Waals surface area contributed by atoms with Crippen molar-refractivity contribution < 1.29 is 24.3 Å². The normalized spacial score (nSPS) is 33.1. The molecule has 0 aromatic rings. The summed E-state index contributed by atoms with van der Waals surface area (Å²) in [5.41, 5.74) is 5.02. The predicted octanol–water partition coefficient (Wildman–Crippen LogP) is -0.936. The summed E-state index contributed by atoms with van der Waals surface area (Å²) < 4.78 is 0. The van der Waals surface area contributed by atoms with Crippen molar-refractivity contribution in [2.24, 2.45) is 35.3 Å². The van der Waals surface area contributed by atoms with Gasteiger partial charge in [-0.15, -0.1) is 0 Å². The molecular formula is C19H28N3O5-. The van der Waals surface area contributed by atoms with Crippen LogP contribution in [-0.2, 0) is 19.2 Å². The maximum Gasteiger partial charge on any atom is 0.242 e. The Morgan fingerprint density at radius 3 is 2.04 bits per heavy atom. The number of carbonyl (C=O) groups is 4. The molecule has 4 saturated carbocycles. The molecule has 2 atom stereocenters. The number of hydrogen-bond acceptors (Lipinski definition) is 5. The van der Waals surface area contributed by atoms with E-state index in [-0.39, 0.29) is 24.7 Å². The number of carboxylic acid groups (broad SMARTS) is 1. The summed E-state index contributed by atoms with van der Waals surface area (Å²) in [6, 6.07) is -2.17. The minimum absolute atomic E-state index is 0.0418. The highest BCUT2D eigenvalue weighted by Crippen LogP contribution is 2.56. The molecule has 0 heterocycles. The standard InChI is InChI=1S/C19H29N3O5/c1-9(17(24)22-14(19(26)27)2-3-15(20)23)21-18(25)16-12-5-10-4-11(7-12)8-13(16)6-10/h9-14,16H,2-8H2,1H3,(H2,20,23)(H,21,25)(H,22,24)(H,26,27)/p-1/t9-,10?,11?,12?,13?,14+,16?/m1/s1. The number of carboxylic acids is 1. The highest BCUT2D eigenvalue weighted by molar-refractivity contribution is 5.90. The Morgan fingerprint density at radius 2 is 1.56 bits per heavy atom. The average Bonchev–Trinajstić information content (AvgIpc) is 2.56. The lowest BCUT2D eigenvalue weighted by molar-refractivity contribution is -0.308. The number of hydrogen-bond donors (Lipinski definition) is 3. The predicted molar refractivity (Wildman–Crippen MR) is 93.5 cm³/mol. The molecule has 0 radical (unpaired) electrons. The first-order valence-electron chi connectivity index (χ1n) is 9.84. The molecule has 0 unspecified atom stereocenters. The molecule has 0 saturated heterocycles. The van der Waals surface area contributed by atoms with Crippen LogP contribution in [0.1, 0.15) is 51.9 Å². The lowest BCUT2D eigenvalue weighted by atomic mass is 9.51. The van der Waals surface area contributed by atoms with Crippen LogP contribution in [-0.4, -0.2) is 35.8 Å². The third kappa shape index (κ3) is 4.42. The van der Waals surface area contributed by atoms with Crippen LogP contribution in [0.5, 0.6) is 0 Å². The van der Waals surface area contributed by atoms with E-state index in [0.29, 0.717) is 11.8 Å². The monoisotopic (exact) mass is 378 g/mol. The fraction of sp³-hybridized carbons (Fsp3) is 0.789. The minimum atomic E-state index is -1.48. The molecule has 0 aliphatic heterocycles. The molecule has 4 aliphatic carbocycles. The van der Waals surface area contributed by atoms with Gasteiger partial charge >= 0.3 is 0 Å². The molecule has 3 amide bonds. The summed E-state index contributed by atoms with van der Waals surface area (Å²) in [5, 5.41) is 16.2. The van der Waals surface area contributed by atoms with E-state index in [0.717, 1.165) is 37.5 Å². The van der Waals surface area contributed by atoms with Gasteiger partial charge < -0.3 is 26.3 Å². The Kier molecular flexibility index (Phi) is 5.72. The van der Waals surface area contributed by atoms with Crippen molar-refractivity contribution in [2.75, 3.05) is 0 Å². The minimum Gasteiger partial charge on any atom is -0.548 e. The van der Waals surface area contributed by atoms with Gasteiger partial charge in [0.05, 0.1) is 12.0 Å². The second-order valence-electron chi connectivity index (χ2n) is 8.57. The number of aliphatic carboxylic acids is 1. The van der Waals surface area contributed by atoms with Crippen molar-refractivity contribution in [3.63, 3.8) is 0 Å². The zero-order valence-electron chi connectivity index (χ0n) is 15.6. The van der Waals surface area contributed by atoms with Crippen molar-refractivity contribution >= 4 is 23.7 Å². The second-order valence-corrected chi connectivity index (χ2v) is 8.57. The van der Waals surface area contributed by atoms with Crippen LogP contribution in [0.25, 0.3) is 0 Å². The molecule has 0 aromatic heterocycles. The number of primary amides is 1. The van der Waals surface area contributed by atoms with Crippen molar-refractivity contribution in [3.8, 4) is 0 Å². The van der Waals surface area contributed by atoms with Crippen LogP contribution in [0.15, 0.2) is 0 Å². The van der Waals surface area contributed by atoms with E-state index in [1.54, 1.807) is 0 Å². The van der Waals surface area contributed by atoms with Crippen LogP contribution >= 0.6 is 0 Å². The Morgan fingerprint density at radius 1 is 1.00 bits per heavy atom. The van der Waals surface area contributed by atoms with Crippen LogP contribution in [0.2, 0.25) is 0 Å². The molecule has 4 N–H and O–H groups in total. The maximum absolute atomic E-state index is 12.8. The number of nitrogens with one attached hydrogen (secondary N) is 2. The highest BCUT2D eigenvalue weighted by atomic mass is 16.4. The van der Waals surface area contributed by atoms with E-state index < -0.39 is 29.9 Å². The number of nitrogens with two attached hydrogens (primary N) is 1. The Balaban J connectivity index is 1.53. The van der Waals surface area contributed by atoms with Crippen molar-refractivity contribution in [2.45, 2.75) is 64.0 Å². The first-order valence-corrected chi connectivity index (χ1v) is 9.84. The highest BCUT2D eigenvalue weighted by Gasteiger charge is 2.50. The Hall–Kier alpha value is -2.12. The summed E-state index contributed by atoms with van der Waals surface area (Å²) in [7, 11) is 0. The third-order valence-corrected chi connectivity index (χ3v) is 6.56. The van der Waals surface area contributed by atoms with E-state index in [4.69, 9.17) is 5.73 Å². The first kappa shape index (κ1) is 19.6. The molecule has 150 valence electrons. The molecule has 8 nitrogen and oxygen atoms in total. The number of carbonyl (C=O) groups excluding carboxylic acids is 4. The third-order valence-electron chi connectivity index (χ3n) is 6.56. The molecule has 4 aliphatic rings. The van der Waals surface area contributed by atoms with Gasteiger partial charge in [-0.05, 0) is 69.1 Å². The van der Waals surface area contributed by atoms with Crippen LogP contribution < -0.4 is 21.5 Å². The zero-order chi connectivity index (χ0) is 19.7. The fourth-order valence-electron chi connectivity index (χ4n) is 5.56. The molecule has 4 rings (SSSR count). The SMILES string of the molecule is C[C@@H](NC(=O)C1C2CC3CC(C2)CC1C3)C(=O)N[C@@H](CCC(N)=O)C(=O)[O-]. The summed E-state index contributed by atoms with van der Waals surface area (Å²) in [6.45, 7) is 1.53. The molecule has 0 aromatic carbocycles. The Labute approximate surface area is 158 Å². The van der Waals surface area contributed by atoms with Crippen molar-refractivity contribution in [1.29, 1.82) is 0 Å². The topological polar surface area (TPSA) is 141 Å². The molecular weight excluding hydrogens is 350 g/mol. The smallest absolute Gasteiger partial charge is 0.242 e. The summed E-state index contributed by atoms with van der Waals surface area (Å²) in [4.78, 5) is 47.1. The molecule has 4 bridgehead atoms. The van der Waals surface area contributed by atoms with E-state index in [9.17, 15) is 24.3 Å².